The van der Waals surface area contributed by atoms with E-state index in [0.29, 0.717) is 12.3 Å². The molecular formula is C9H17NO3. The Morgan fingerprint density at radius 1 is 1.54 bits per heavy atom. The van der Waals surface area contributed by atoms with Gasteiger partial charge in [-0.25, -0.2) is 5.06 Å². The third kappa shape index (κ3) is 3.32. The van der Waals surface area contributed by atoms with E-state index in [1.807, 2.05) is 0 Å². The molecule has 1 aliphatic rings. The van der Waals surface area contributed by atoms with E-state index in [0.717, 1.165) is 26.1 Å². The van der Waals surface area contributed by atoms with Crippen LogP contribution in [0.3, 0.4) is 0 Å². The third-order valence-corrected chi connectivity index (χ3v) is 2.43. The summed E-state index contributed by atoms with van der Waals surface area (Å²) in [6.45, 7) is 1.57. The van der Waals surface area contributed by atoms with Gasteiger partial charge >= 0.3 is 0 Å². The van der Waals surface area contributed by atoms with Crippen LogP contribution in [0.1, 0.15) is 19.3 Å². The van der Waals surface area contributed by atoms with Gasteiger partial charge in [-0.3, -0.25) is 9.63 Å². The van der Waals surface area contributed by atoms with Crippen LogP contribution < -0.4 is 0 Å². The van der Waals surface area contributed by atoms with E-state index in [4.69, 9.17) is 9.57 Å². The minimum Gasteiger partial charge on any atom is -0.381 e. The van der Waals surface area contributed by atoms with Gasteiger partial charge in [-0.05, 0) is 18.8 Å². The maximum absolute atomic E-state index is 11.4. The molecule has 0 aromatic heterocycles. The molecule has 1 amide bonds. The van der Waals surface area contributed by atoms with Crippen molar-refractivity contribution in [1.82, 2.24) is 5.06 Å². The number of rotatable bonds is 3. The van der Waals surface area contributed by atoms with E-state index < -0.39 is 0 Å². The highest BCUT2D eigenvalue weighted by Crippen LogP contribution is 2.18. The van der Waals surface area contributed by atoms with Gasteiger partial charge in [0.05, 0.1) is 7.11 Å². The Bertz CT molecular complexity index is 166. The summed E-state index contributed by atoms with van der Waals surface area (Å²) < 4.78 is 5.21. The van der Waals surface area contributed by atoms with Crippen LogP contribution in [0.5, 0.6) is 0 Å². The van der Waals surface area contributed by atoms with Gasteiger partial charge < -0.3 is 4.74 Å². The summed E-state index contributed by atoms with van der Waals surface area (Å²) >= 11 is 0. The average molecular weight is 187 g/mol. The summed E-state index contributed by atoms with van der Waals surface area (Å²) in [6.07, 6.45) is 2.56. The van der Waals surface area contributed by atoms with Crippen molar-refractivity contribution in [2.24, 2.45) is 5.92 Å². The molecule has 0 N–H and O–H groups in total. The second-order valence-corrected chi connectivity index (χ2v) is 3.33. The average Bonchev–Trinajstić information content (AvgIpc) is 2.18. The molecule has 13 heavy (non-hydrogen) atoms. The predicted molar refractivity (Wildman–Crippen MR) is 47.9 cm³/mol. The maximum atomic E-state index is 11.4. The van der Waals surface area contributed by atoms with Crippen molar-refractivity contribution < 1.29 is 14.4 Å². The molecule has 1 heterocycles. The lowest BCUT2D eigenvalue weighted by Gasteiger charge is -2.23. The van der Waals surface area contributed by atoms with Crippen molar-refractivity contribution >= 4 is 5.91 Å². The first-order valence-corrected chi connectivity index (χ1v) is 4.62. The molecule has 0 radical (unpaired) electrons. The summed E-state index contributed by atoms with van der Waals surface area (Å²) in [7, 11) is 3.14. The first-order valence-electron chi connectivity index (χ1n) is 4.62. The van der Waals surface area contributed by atoms with Gasteiger partial charge in [0, 0.05) is 26.7 Å². The fourth-order valence-corrected chi connectivity index (χ4v) is 1.43. The van der Waals surface area contributed by atoms with Crippen molar-refractivity contribution in [3.05, 3.63) is 0 Å². The van der Waals surface area contributed by atoms with Crippen LogP contribution in [0.2, 0.25) is 0 Å². The van der Waals surface area contributed by atoms with Gasteiger partial charge in [0.2, 0.25) is 5.91 Å². The summed E-state index contributed by atoms with van der Waals surface area (Å²) in [4.78, 5) is 16.2. The first kappa shape index (κ1) is 10.5. The summed E-state index contributed by atoms with van der Waals surface area (Å²) in [5.41, 5.74) is 0. The van der Waals surface area contributed by atoms with Crippen molar-refractivity contribution in [1.29, 1.82) is 0 Å². The van der Waals surface area contributed by atoms with Gasteiger partial charge in [0.25, 0.3) is 0 Å². The lowest BCUT2D eigenvalue weighted by Crippen LogP contribution is -2.29. The molecule has 0 spiro atoms. The third-order valence-electron chi connectivity index (χ3n) is 2.43. The monoisotopic (exact) mass is 187 g/mol. The Hall–Kier alpha value is -0.610. The highest BCUT2D eigenvalue weighted by atomic mass is 16.7. The van der Waals surface area contributed by atoms with E-state index in [9.17, 15) is 4.79 Å². The number of ether oxygens (including phenoxy) is 1. The zero-order valence-corrected chi connectivity index (χ0v) is 8.28. The molecule has 1 fully saturated rings. The number of hydrogen-bond donors (Lipinski definition) is 0. The van der Waals surface area contributed by atoms with Crippen LogP contribution in [0.4, 0.5) is 0 Å². The summed E-state index contributed by atoms with van der Waals surface area (Å²) in [5, 5.41) is 1.29. The smallest absolute Gasteiger partial charge is 0.246 e. The van der Waals surface area contributed by atoms with Crippen LogP contribution in [0.25, 0.3) is 0 Å². The molecule has 0 saturated carbocycles. The van der Waals surface area contributed by atoms with Crippen LogP contribution >= 0.6 is 0 Å². The van der Waals surface area contributed by atoms with Crippen molar-refractivity contribution in [2.75, 3.05) is 27.4 Å². The fourth-order valence-electron chi connectivity index (χ4n) is 1.43. The molecular weight excluding hydrogens is 170 g/mol. The molecule has 0 atom stereocenters. The molecule has 1 rings (SSSR count). The van der Waals surface area contributed by atoms with Crippen molar-refractivity contribution in [2.45, 2.75) is 19.3 Å². The van der Waals surface area contributed by atoms with E-state index in [2.05, 4.69) is 0 Å². The molecule has 0 aliphatic carbocycles. The number of carbonyl (C=O) groups excluding carboxylic acids is 1. The number of carbonyl (C=O) groups is 1. The maximum Gasteiger partial charge on any atom is 0.246 e. The fraction of sp³-hybridized carbons (Fsp3) is 0.889. The minimum absolute atomic E-state index is 0.0504. The van der Waals surface area contributed by atoms with Gasteiger partial charge in [-0.15, -0.1) is 0 Å². The number of nitrogens with zero attached hydrogens (tertiary/aromatic N) is 1. The van der Waals surface area contributed by atoms with Crippen LogP contribution in [0, 0.1) is 5.92 Å². The Morgan fingerprint density at radius 3 is 2.69 bits per heavy atom. The van der Waals surface area contributed by atoms with E-state index in [1.54, 1.807) is 7.05 Å². The predicted octanol–water partition coefficient (Wildman–Crippen LogP) is 0.823. The zero-order chi connectivity index (χ0) is 9.68. The summed E-state index contributed by atoms with van der Waals surface area (Å²) in [6, 6.07) is 0. The standard InChI is InChI=1S/C9H17NO3/c1-10(12-2)9(11)7-8-3-5-13-6-4-8/h8H,3-7H2,1-2H3. The Labute approximate surface area is 78.8 Å². The molecule has 0 aromatic rings. The van der Waals surface area contributed by atoms with E-state index in [1.165, 1.54) is 12.2 Å². The van der Waals surface area contributed by atoms with Gasteiger partial charge in [0.15, 0.2) is 0 Å². The highest BCUT2D eigenvalue weighted by molar-refractivity contribution is 5.75. The molecule has 1 aliphatic heterocycles. The number of hydroxylamine groups is 2. The molecule has 0 aromatic carbocycles. The highest BCUT2D eigenvalue weighted by Gasteiger charge is 2.19. The van der Waals surface area contributed by atoms with Crippen molar-refractivity contribution in [3.8, 4) is 0 Å². The molecule has 4 heteroatoms. The molecule has 4 nitrogen and oxygen atoms in total. The quantitative estimate of drug-likeness (QED) is 0.614. The second kappa shape index (κ2) is 5.19. The summed E-state index contributed by atoms with van der Waals surface area (Å²) in [5.74, 6) is 0.522. The molecule has 1 saturated heterocycles. The zero-order valence-electron chi connectivity index (χ0n) is 8.28. The second-order valence-electron chi connectivity index (χ2n) is 3.33. The molecule has 0 bridgehead atoms. The van der Waals surface area contributed by atoms with Crippen LogP contribution in [-0.4, -0.2) is 38.3 Å². The molecule has 76 valence electrons. The Kier molecular flexibility index (Phi) is 4.18. The Morgan fingerprint density at radius 2 is 2.15 bits per heavy atom. The van der Waals surface area contributed by atoms with E-state index in [-0.39, 0.29) is 5.91 Å². The Balaban J connectivity index is 2.26. The van der Waals surface area contributed by atoms with Gasteiger partial charge in [-0.2, -0.15) is 0 Å². The largest absolute Gasteiger partial charge is 0.381 e. The van der Waals surface area contributed by atoms with Gasteiger partial charge in [-0.1, -0.05) is 0 Å². The normalized spacial score (nSPS) is 18.6. The number of amides is 1. The SMILES string of the molecule is CON(C)C(=O)CC1CCOCC1. The van der Waals surface area contributed by atoms with Crippen molar-refractivity contribution in [3.63, 3.8) is 0 Å². The van der Waals surface area contributed by atoms with Crippen LogP contribution in [0.15, 0.2) is 0 Å². The van der Waals surface area contributed by atoms with E-state index >= 15 is 0 Å². The molecule has 0 unspecified atom stereocenters. The first-order chi connectivity index (χ1) is 6.24. The number of hydrogen-bond acceptors (Lipinski definition) is 3. The van der Waals surface area contributed by atoms with Crippen LogP contribution in [-0.2, 0) is 14.4 Å². The minimum atomic E-state index is 0.0504. The van der Waals surface area contributed by atoms with Gasteiger partial charge in [0.1, 0.15) is 0 Å². The lowest BCUT2D eigenvalue weighted by molar-refractivity contribution is -0.170. The topological polar surface area (TPSA) is 38.8 Å². The lowest BCUT2D eigenvalue weighted by atomic mass is 9.96.